The third-order valence-corrected chi connectivity index (χ3v) is 3.99. The molecule has 2 rings (SSSR count). The van der Waals surface area contributed by atoms with Crippen molar-refractivity contribution in [1.82, 2.24) is 14.9 Å². The normalized spacial score (nSPS) is 19.2. The molecule has 0 aromatic carbocycles. The molecule has 1 aliphatic rings. The number of nitrogen functional groups attached to an aromatic ring is 1. The first kappa shape index (κ1) is 14.0. The molecule has 0 spiro atoms. The molecular weight excluding hydrogens is 240 g/mol. The van der Waals surface area contributed by atoms with Crippen LogP contribution >= 0.6 is 0 Å². The fourth-order valence-corrected chi connectivity index (χ4v) is 2.88. The largest absolute Gasteiger partial charge is 0.355 e. The van der Waals surface area contributed by atoms with E-state index in [0.717, 1.165) is 37.6 Å². The van der Waals surface area contributed by atoms with E-state index in [1.807, 2.05) is 6.92 Å². The average Bonchev–Trinajstić information content (AvgIpc) is 2.90. The Morgan fingerprint density at radius 2 is 2.16 bits per heavy atom. The first-order chi connectivity index (χ1) is 9.21. The van der Waals surface area contributed by atoms with Crippen molar-refractivity contribution >= 4 is 11.6 Å². The zero-order chi connectivity index (χ0) is 13.8. The summed E-state index contributed by atoms with van der Waals surface area (Å²) in [6.45, 7) is 10.7. The SMILES string of the molecule is CCN(CC)C1CCN(c2ncnc(NN)c2C)C1. The van der Waals surface area contributed by atoms with Gasteiger partial charge >= 0.3 is 0 Å². The average molecular weight is 264 g/mol. The quantitative estimate of drug-likeness (QED) is 0.610. The van der Waals surface area contributed by atoms with Crippen LogP contribution in [-0.4, -0.2) is 47.1 Å². The molecule has 1 aliphatic heterocycles. The van der Waals surface area contributed by atoms with Gasteiger partial charge in [0.05, 0.1) is 0 Å². The van der Waals surface area contributed by atoms with Crippen LogP contribution in [0.1, 0.15) is 25.8 Å². The number of likely N-dealkylation sites (N-methyl/N-ethyl adjacent to an activating group) is 1. The molecule has 6 heteroatoms. The summed E-state index contributed by atoms with van der Waals surface area (Å²) in [6.07, 6.45) is 2.76. The van der Waals surface area contributed by atoms with Crippen LogP contribution < -0.4 is 16.2 Å². The number of anilines is 2. The van der Waals surface area contributed by atoms with Crippen LogP contribution in [0.2, 0.25) is 0 Å². The van der Waals surface area contributed by atoms with E-state index in [-0.39, 0.29) is 0 Å². The highest BCUT2D eigenvalue weighted by molar-refractivity contribution is 5.57. The summed E-state index contributed by atoms with van der Waals surface area (Å²) in [5.74, 6) is 7.17. The number of hydrogen-bond acceptors (Lipinski definition) is 6. The van der Waals surface area contributed by atoms with E-state index in [2.05, 4.69) is 39.0 Å². The van der Waals surface area contributed by atoms with Gasteiger partial charge < -0.3 is 10.3 Å². The van der Waals surface area contributed by atoms with Gasteiger partial charge in [-0.2, -0.15) is 0 Å². The molecule has 6 nitrogen and oxygen atoms in total. The molecule has 0 aliphatic carbocycles. The minimum atomic E-state index is 0.624. The van der Waals surface area contributed by atoms with Gasteiger partial charge in [-0.1, -0.05) is 13.8 Å². The Hall–Kier alpha value is -1.40. The number of nitrogens with one attached hydrogen (secondary N) is 1. The van der Waals surface area contributed by atoms with Crippen LogP contribution in [0.15, 0.2) is 6.33 Å². The lowest BCUT2D eigenvalue weighted by molar-refractivity contribution is 0.232. The second-order valence-electron chi connectivity index (χ2n) is 4.92. The fraction of sp³-hybridized carbons (Fsp3) is 0.692. The number of hydrazine groups is 1. The van der Waals surface area contributed by atoms with Crippen molar-refractivity contribution in [2.75, 3.05) is 36.5 Å². The molecule has 1 aromatic heterocycles. The van der Waals surface area contributed by atoms with Crippen molar-refractivity contribution in [3.63, 3.8) is 0 Å². The molecule has 0 amide bonds. The van der Waals surface area contributed by atoms with Gasteiger partial charge in [0.25, 0.3) is 0 Å². The number of aromatic nitrogens is 2. The Bertz CT molecular complexity index is 418. The maximum Gasteiger partial charge on any atom is 0.148 e. The molecule has 3 N–H and O–H groups in total. The first-order valence-electron chi connectivity index (χ1n) is 6.98. The summed E-state index contributed by atoms with van der Waals surface area (Å²) in [6, 6.07) is 0.624. The van der Waals surface area contributed by atoms with Crippen LogP contribution in [0.25, 0.3) is 0 Å². The third kappa shape index (κ3) is 2.79. The first-order valence-corrected chi connectivity index (χ1v) is 6.98. The lowest BCUT2D eigenvalue weighted by Crippen LogP contribution is -2.37. The Kier molecular flexibility index (Phi) is 4.55. The summed E-state index contributed by atoms with van der Waals surface area (Å²) in [4.78, 5) is 13.4. The van der Waals surface area contributed by atoms with Crippen LogP contribution in [-0.2, 0) is 0 Å². The van der Waals surface area contributed by atoms with Crippen molar-refractivity contribution in [3.05, 3.63) is 11.9 Å². The lowest BCUT2D eigenvalue weighted by atomic mass is 10.2. The van der Waals surface area contributed by atoms with Crippen molar-refractivity contribution in [1.29, 1.82) is 0 Å². The maximum absolute atomic E-state index is 5.47. The second-order valence-corrected chi connectivity index (χ2v) is 4.92. The molecule has 0 radical (unpaired) electrons. The maximum atomic E-state index is 5.47. The highest BCUT2D eigenvalue weighted by Crippen LogP contribution is 2.26. The zero-order valence-electron chi connectivity index (χ0n) is 12.1. The third-order valence-electron chi connectivity index (χ3n) is 3.99. The van der Waals surface area contributed by atoms with Crippen LogP contribution in [0.3, 0.4) is 0 Å². The van der Waals surface area contributed by atoms with Crippen LogP contribution in [0, 0.1) is 6.92 Å². The minimum Gasteiger partial charge on any atom is -0.355 e. The summed E-state index contributed by atoms with van der Waals surface area (Å²) < 4.78 is 0. The van der Waals surface area contributed by atoms with Gasteiger partial charge in [0.15, 0.2) is 0 Å². The predicted molar refractivity (Wildman–Crippen MR) is 78.1 cm³/mol. The number of nitrogens with zero attached hydrogens (tertiary/aromatic N) is 4. The van der Waals surface area contributed by atoms with Crippen molar-refractivity contribution in [2.45, 2.75) is 33.2 Å². The van der Waals surface area contributed by atoms with Crippen LogP contribution in [0.4, 0.5) is 11.6 Å². The van der Waals surface area contributed by atoms with Crippen LogP contribution in [0.5, 0.6) is 0 Å². The van der Waals surface area contributed by atoms with E-state index >= 15 is 0 Å². The Balaban J connectivity index is 2.13. The zero-order valence-corrected chi connectivity index (χ0v) is 12.1. The number of nitrogens with two attached hydrogens (primary N) is 1. The van der Waals surface area contributed by atoms with Gasteiger partial charge in [0.2, 0.25) is 0 Å². The van der Waals surface area contributed by atoms with Gasteiger partial charge in [0.1, 0.15) is 18.0 Å². The summed E-state index contributed by atoms with van der Waals surface area (Å²) >= 11 is 0. The van der Waals surface area contributed by atoms with Gasteiger partial charge in [-0.25, -0.2) is 15.8 Å². The van der Waals surface area contributed by atoms with Crippen molar-refractivity contribution in [3.8, 4) is 0 Å². The smallest absolute Gasteiger partial charge is 0.148 e. The highest BCUT2D eigenvalue weighted by Gasteiger charge is 2.28. The molecule has 19 heavy (non-hydrogen) atoms. The minimum absolute atomic E-state index is 0.624. The van der Waals surface area contributed by atoms with E-state index < -0.39 is 0 Å². The molecular formula is C13H24N6. The molecule has 0 bridgehead atoms. The van der Waals surface area contributed by atoms with Gasteiger partial charge in [-0.05, 0) is 26.4 Å². The molecule has 1 unspecified atom stereocenters. The van der Waals surface area contributed by atoms with E-state index in [1.54, 1.807) is 6.33 Å². The molecule has 2 heterocycles. The van der Waals surface area contributed by atoms with Crippen molar-refractivity contribution < 1.29 is 0 Å². The number of hydrogen-bond donors (Lipinski definition) is 2. The topological polar surface area (TPSA) is 70.3 Å². The lowest BCUT2D eigenvalue weighted by Gasteiger charge is -2.26. The monoisotopic (exact) mass is 264 g/mol. The van der Waals surface area contributed by atoms with Gasteiger partial charge in [0, 0.05) is 24.7 Å². The molecule has 106 valence electrons. The number of rotatable bonds is 5. The van der Waals surface area contributed by atoms with Gasteiger partial charge in [-0.3, -0.25) is 4.90 Å². The summed E-state index contributed by atoms with van der Waals surface area (Å²) in [7, 11) is 0. The standard InChI is InChI=1S/C13H24N6/c1-4-18(5-2)11-6-7-19(8-11)13-10(3)12(17-14)15-9-16-13/h9,11H,4-8,14H2,1-3H3,(H,15,16,17). The van der Waals surface area contributed by atoms with E-state index in [4.69, 9.17) is 5.84 Å². The van der Waals surface area contributed by atoms with E-state index in [1.165, 1.54) is 6.42 Å². The Morgan fingerprint density at radius 3 is 2.79 bits per heavy atom. The molecule has 0 saturated carbocycles. The predicted octanol–water partition coefficient (Wildman–Crippen LogP) is 0.991. The van der Waals surface area contributed by atoms with Crippen molar-refractivity contribution in [2.24, 2.45) is 5.84 Å². The van der Waals surface area contributed by atoms with E-state index in [9.17, 15) is 0 Å². The summed E-state index contributed by atoms with van der Waals surface area (Å²) in [5.41, 5.74) is 3.65. The summed E-state index contributed by atoms with van der Waals surface area (Å²) in [5, 5.41) is 0. The molecule has 1 saturated heterocycles. The fourth-order valence-electron chi connectivity index (χ4n) is 2.88. The Morgan fingerprint density at radius 1 is 1.42 bits per heavy atom. The second kappa shape index (κ2) is 6.16. The molecule has 1 atom stereocenters. The van der Waals surface area contributed by atoms with Gasteiger partial charge in [-0.15, -0.1) is 0 Å². The Labute approximate surface area is 115 Å². The molecule has 1 fully saturated rings. The highest BCUT2D eigenvalue weighted by atomic mass is 15.3. The molecule has 1 aromatic rings. The van der Waals surface area contributed by atoms with E-state index in [0.29, 0.717) is 11.9 Å².